The molecule has 1 N–H and O–H groups in total. The number of hydrogen-bond donors (Lipinski definition) is 1. The van der Waals surface area contributed by atoms with Gasteiger partial charge in [-0.2, -0.15) is 0 Å². The molecule has 1 heterocycles. The standard InChI is InChI=1S/C10H7NO4/c12-6-15-8-1-2-9-7(5-8)3-4-11(9)10(13)14/h1-6H,(H,13,14). The van der Waals surface area contributed by atoms with Crippen LogP contribution >= 0.6 is 0 Å². The molecule has 5 heteroatoms. The summed E-state index contributed by atoms with van der Waals surface area (Å²) >= 11 is 0. The quantitative estimate of drug-likeness (QED) is 0.757. The lowest BCUT2D eigenvalue weighted by Gasteiger charge is -1.99. The van der Waals surface area contributed by atoms with Gasteiger partial charge in [0.25, 0.3) is 6.47 Å². The molecule has 0 saturated carbocycles. The van der Waals surface area contributed by atoms with Gasteiger partial charge in [0.2, 0.25) is 0 Å². The molecule has 0 spiro atoms. The largest absolute Gasteiger partial charge is 0.464 e. The van der Waals surface area contributed by atoms with Gasteiger partial charge in [-0.1, -0.05) is 0 Å². The van der Waals surface area contributed by atoms with Crippen LogP contribution in [0.4, 0.5) is 4.79 Å². The van der Waals surface area contributed by atoms with Crippen molar-refractivity contribution in [3.63, 3.8) is 0 Å². The number of fused-ring (bicyclic) bond motifs is 1. The Labute approximate surface area is 84.5 Å². The van der Waals surface area contributed by atoms with Gasteiger partial charge in [0, 0.05) is 11.6 Å². The number of hydrogen-bond acceptors (Lipinski definition) is 3. The van der Waals surface area contributed by atoms with Crippen molar-refractivity contribution < 1.29 is 19.4 Å². The van der Waals surface area contributed by atoms with Gasteiger partial charge in [-0.25, -0.2) is 4.79 Å². The highest BCUT2D eigenvalue weighted by molar-refractivity contribution is 5.89. The zero-order chi connectivity index (χ0) is 10.8. The van der Waals surface area contributed by atoms with Crippen molar-refractivity contribution in [2.45, 2.75) is 0 Å². The van der Waals surface area contributed by atoms with Crippen LogP contribution in [0.2, 0.25) is 0 Å². The van der Waals surface area contributed by atoms with Crippen LogP contribution in [0.5, 0.6) is 5.75 Å². The molecule has 2 aromatic rings. The van der Waals surface area contributed by atoms with Crippen molar-refractivity contribution in [3.05, 3.63) is 30.5 Å². The third-order valence-electron chi connectivity index (χ3n) is 2.05. The second-order valence-corrected chi connectivity index (χ2v) is 2.90. The van der Waals surface area contributed by atoms with Crippen molar-refractivity contribution >= 4 is 23.5 Å². The van der Waals surface area contributed by atoms with Crippen LogP contribution in [0.1, 0.15) is 0 Å². The maximum atomic E-state index is 10.8. The lowest BCUT2D eigenvalue weighted by Crippen LogP contribution is -2.05. The van der Waals surface area contributed by atoms with Crippen molar-refractivity contribution in [2.75, 3.05) is 0 Å². The summed E-state index contributed by atoms with van der Waals surface area (Å²) < 4.78 is 5.74. The molecule has 0 bridgehead atoms. The van der Waals surface area contributed by atoms with Crippen LogP contribution in [-0.4, -0.2) is 22.2 Å². The first-order valence-electron chi connectivity index (χ1n) is 4.17. The molecule has 76 valence electrons. The van der Waals surface area contributed by atoms with E-state index in [1.807, 2.05) is 0 Å². The molecule has 0 aliphatic carbocycles. The number of carbonyl (C=O) groups excluding carboxylic acids is 1. The van der Waals surface area contributed by atoms with Gasteiger partial charge in [0.1, 0.15) is 5.75 Å². The van der Waals surface area contributed by atoms with E-state index in [0.717, 1.165) is 4.57 Å². The summed E-state index contributed by atoms with van der Waals surface area (Å²) in [6.07, 6.45) is 0.395. The Hall–Kier alpha value is -2.30. The van der Waals surface area contributed by atoms with Crippen molar-refractivity contribution in [1.82, 2.24) is 4.57 Å². The van der Waals surface area contributed by atoms with E-state index in [0.29, 0.717) is 23.1 Å². The van der Waals surface area contributed by atoms with Crippen LogP contribution in [-0.2, 0) is 4.79 Å². The minimum absolute atomic E-state index is 0.329. The van der Waals surface area contributed by atoms with E-state index >= 15 is 0 Å². The van der Waals surface area contributed by atoms with Gasteiger partial charge >= 0.3 is 6.09 Å². The smallest absolute Gasteiger partial charge is 0.415 e. The van der Waals surface area contributed by atoms with E-state index in [-0.39, 0.29) is 0 Å². The average molecular weight is 205 g/mol. The molecule has 0 aliphatic heterocycles. The van der Waals surface area contributed by atoms with E-state index in [4.69, 9.17) is 5.11 Å². The molecule has 0 saturated heterocycles. The molecule has 0 fully saturated rings. The maximum absolute atomic E-state index is 10.8. The average Bonchev–Trinajstić information content (AvgIpc) is 2.61. The van der Waals surface area contributed by atoms with E-state index < -0.39 is 6.09 Å². The van der Waals surface area contributed by atoms with E-state index in [2.05, 4.69) is 4.74 Å². The number of rotatable bonds is 2. The zero-order valence-corrected chi connectivity index (χ0v) is 7.58. The Morgan fingerprint density at radius 2 is 2.20 bits per heavy atom. The first-order chi connectivity index (χ1) is 7.22. The van der Waals surface area contributed by atoms with Gasteiger partial charge in [-0.05, 0) is 24.3 Å². The van der Waals surface area contributed by atoms with Crippen molar-refractivity contribution in [1.29, 1.82) is 0 Å². The Kier molecular flexibility index (Phi) is 2.13. The summed E-state index contributed by atoms with van der Waals surface area (Å²) in [5.41, 5.74) is 0.556. The number of carboxylic acid groups (broad SMARTS) is 1. The van der Waals surface area contributed by atoms with Crippen LogP contribution < -0.4 is 4.74 Å². The molecule has 0 unspecified atom stereocenters. The highest BCUT2D eigenvalue weighted by Crippen LogP contribution is 2.21. The Morgan fingerprint density at radius 3 is 2.87 bits per heavy atom. The number of benzene rings is 1. The van der Waals surface area contributed by atoms with E-state index in [9.17, 15) is 9.59 Å². The molecular formula is C10H7NO4. The zero-order valence-electron chi connectivity index (χ0n) is 7.58. The second kappa shape index (κ2) is 3.45. The number of aromatic nitrogens is 1. The molecule has 1 aromatic heterocycles. The Morgan fingerprint density at radius 1 is 1.40 bits per heavy atom. The Balaban J connectivity index is 2.56. The van der Waals surface area contributed by atoms with E-state index in [1.165, 1.54) is 12.3 Å². The summed E-state index contributed by atoms with van der Waals surface area (Å²) in [4.78, 5) is 20.9. The van der Waals surface area contributed by atoms with Crippen LogP contribution in [0.25, 0.3) is 10.9 Å². The van der Waals surface area contributed by atoms with Gasteiger partial charge in [-0.3, -0.25) is 9.36 Å². The fourth-order valence-electron chi connectivity index (χ4n) is 1.42. The highest BCUT2D eigenvalue weighted by atomic mass is 16.5. The minimum atomic E-state index is -1.05. The first kappa shape index (κ1) is 9.26. The molecule has 1 aromatic carbocycles. The number of ether oxygens (including phenoxy) is 1. The summed E-state index contributed by atoms with van der Waals surface area (Å²) in [7, 11) is 0. The topological polar surface area (TPSA) is 68.5 Å². The molecular weight excluding hydrogens is 198 g/mol. The first-order valence-corrected chi connectivity index (χ1v) is 4.17. The monoisotopic (exact) mass is 205 g/mol. The van der Waals surface area contributed by atoms with Crippen molar-refractivity contribution in [2.24, 2.45) is 0 Å². The molecule has 0 atom stereocenters. The van der Waals surface area contributed by atoms with Gasteiger partial charge in [0.15, 0.2) is 0 Å². The minimum Gasteiger partial charge on any atom is -0.464 e. The molecule has 0 aliphatic rings. The number of carbonyl (C=O) groups is 2. The summed E-state index contributed by atoms with van der Waals surface area (Å²) in [6.45, 7) is 0.329. The lowest BCUT2D eigenvalue weighted by molar-refractivity contribution is -0.120. The third kappa shape index (κ3) is 1.54. The predicted octanol–water partition coefficient (Wildman–Crippen LogP) is 1.70. The summed E-state index contributed by atoms with van der Waals surface area (Å²) in [5.74, 6) is 0.389. The number of nitrogens with zero attached hydrogens (tertiary/aromatic N) is 1. The summed E-state index contributed by atoms with van der Waals surface area (Å²) in [5, 5.41) is 9.53. The van der Waals surface area contributed by atoms with Crippen LogP contribution in [0, 0.1) is 0 Å². The maximum Gasteiger partial charge on any atom is 0.415 e. The van der Waals surface area contributed by atoms with Gasteiger partial charge < -0.3 is 9.84 Å². The van der Waals surface area contributed by atoms with Crippen molar-refractivity contribution in [3.8, 4) is 5.75 Å². The van der Waals surface area contributed by atoms with Crippen LogP contribution in [0.15, 0.2) is 30.5 Å². The van der Waals surface area contributed by atoms with E-state index in [1.54, 1.807) is 18.2 Å². The second-order valence-electron chi connectivity index (χ2n) is 2.90. The summed E-state index contributed by atoms with van der Waals surface area (Å²) in [6, 6.07) is 6.36. The molecule has 2 rings (SSSR count). The normalized spacial score (nSPS) is 10.1. The SMILES string of the molecule is O=COc1ccc2c(ccn2C(=O)O)c1. The van der Waals surface area contributed by atoms with Gasteiger partial charge in [-0.15, -0.1) is 0 Å². The molecule has 0 amide bonds. The fraction of sp³-hybridized carbons (Fsp3) is 0. The highest BCUT2D eigenvalue weighted by Gasteiger charge is 2.06. The van der Waals surface area contributed by atoms with Crippen LogP contribution in [0.3, 0.4) is 0 Å². The Bertz CT molecular complexity index is 529. The lowest BCUT2D eigenvalue weighted by atomic mass is 10.2. The fourth-order valence-corrected chi connectivity index (χ4v) is 1.42. The predicted molar refractivity (Wildman–Crippen MR) is 52.1 cm³/mol. The van der Waals surface area contributed by atoms with Gasteiger partial charge in [0.05, 0.1) is 5.52 Å². The molecule has 5 nitrogen and oxygen atoms in total. The molecule has 15 heavy (non-hydrogen) atoms. The molecule has 0 radical (unpaired) electrons. The third-order valence-corrected chi connectivity index (χ3v) is 2.05.